The number of carbonyl (C=O) groups excluding carboxylic acids is 1. The van der Waals surface area contributed by atoms with E-state index in [4.69, 9.17) is 11.5 Å². The first kappa shape index (κ1) is 18.3. The molecule has 8 heteroatoms. The highest BCUT2D eigenvalue weighted by molar-refractivity contribution is 5.75. The van der Waals surface area contributed by atoms with Crippen molar-refractivity contribution in [3.05, 3.63) is 41.5 Å². The van der Waals surface area contributed by atoms with Crippen LogP contribution in [-0.2, 0) is 0 Å². The number of aryl methyl sites for hydroxylation is 1. The second-order valence-corrected chi connectivity index (χ2v) is 7.97. The molecule has 0 aliphatic carbocycles. The first-order valence-electron chi connectivity index (χ1n) is 9.53. The lowest BCUT2D eigenvalue weighted by molar-refractivity contribution is 0.159. The van der Waals surface area contributed by atoms with E-state index in [0.717, 1.165) is 25.5 Å². The minimum Gasteiger partial charge on any atom is -0.383 e. The van der Waals surface area contributed by atoms with Crippen LogP contribution in [0.2, 0.25) is 0 Å². The Bertz CT molecular complexity index is 880. The van der Waals surface area contributed by atoms with Crippen LogP contribution < -0.4 is 16.4 Å². The highest BCUT2D eigenvalue weighted by Crippen LogP contribution is 2.46. The zero-order chi connectivity index (χ0) is 20.0. The Morgan fingerprint density at radius 3 is 2.57 bits per heavy atom. The third-order valence-corrected chi connectivity index (χ3v) is 5.87. The van der Waals surface area contributed by atoms with Gasteiger partial charge in [-0.15, -0.1) is 0 Å². The van der Waals surface area contributed by atoms with E-state index in [9.17, 15) is 4.79 Å². The lowest BCUT2D eigenvalue weighted by Gasteiger charge is -2.32. The molecule has 4 rings (SSSR count). The van der Waals surface area contributed by atoms with Crippen molar-refractivity contribution >= 4 is 23.6 Å². The molecule has 2 aromatic rings. The lowest BCUT2D eigenvalue weighted by atomic mass is 9.88. The third-order valence-electron chi connectivity index (χ3n) is 5.87. The molecule has 2 aliphatic heterocycles. The molecule has 28 heavy (non-hydrogen) atoms. The quantitative estimate of drug-likeness (QED) is 0.821. The van der Waals surface area contributed by atoms with E-state index >= 15 is 0 Å². The highest BCUT2D eigenvalue weighted by atomic mass is 16.2. The summed E-state index contributed by atoms with van der Waals surface area (Å²) >= 11 is 0. The fourth-order valence-electron chi connectivity index (χ4n) is 4.64. The number of anilines is 3. The summed E-state index contributed by atoms with van der Waals surface area (Å²) < 4.78 is 0. The van der Waals surface area contributed by atoms with Crippen molar-refractivity contribution in [3.63, 3.8) is 0 Å². The zero-order valence-electron chi connectivity index (χ0n) is 16.5. The Balaban J connectivity index is 1.67. The Kier molecular flexibility index (Phi) is 4.49. The summed E-state index contributed by atoms with van der Waals surface area (Å²) in [6, 6.07) is 10.2. The molecule has 0 saturated carbocycles. The van der Waals surface area contributed by atoms with Crippen molar-refractivity contribution in [1.29, 1.82) is 0 Å². The fourth-order valence-corrected chi connectivity index (χ4v) is 4.64. The smallest absolute Gasteiger partial charge is 0.320 e. The number of nitrogen functional groups attached to an aromatic ring is 2. The summed E-state index contributed by atoms with van der Waals surface area (Å²) in [4.78, 5) is 27.1. The van der Waals surface area contributed by atoms with E-state index in [2.05, 4.69) is 33.9 Å². The van der Waals surface area contributed by atoms with Gasteiger partial charge in [-0.05, 0) is 18.1 Å². The number of hydrogen-bond donors (Lipinski definition) is 2. The molecule has 0 bridgehead atoms. The molecular weight excluding hydrogens is 354 g/mol. The maximum Gasteiger partial charge on any atom is 0.320 e. The number of carbonyl (C=O) groups is 1. The van der Waals surface area contributed by atoms with E-state index in [1.807, 2.05) is 31.1 Å². The molecule has 4 N–H and O–H groups in total. The minimum atomic E-state index is 0.0441. The highest BCUT2D eigenvalue weighted by Gasteiger charge is 2.50. The van der Waals surface area contributed by atoms with Gasteiger partial charge in [0, 0.05) is 51.6 Å². The molecule has 2 amide bonds. The molecule has 8 nitrogen and oxygen atoms in total. The summed E-state index contributed by atoms with van der Waals surface area (Å²) in [6.07, 6.45) is 0. The maximum atomic E-state index is 12.9. The molecule has 2 aliphatic rings. The predicted octanol–water partition coefficient (Wildman–Crippen LogP) is 1.74. The van der Waals surface area contributed by atoms with Gasteiger partial charge in [-0.1, -0.05) is 24.3 Å². The van der Waals surface area contributed by atoms with Crippen LogP contribution in [0.5, 0.6) is 0 Å². The average molecular weight is 381 g/mol. The summed E-state index contributed by atoms with van der Waals surface area (Å²) in [5.41, 5.74) is 14.1. The monoisotopic (exact) mass is 381 g/mol. The van der Waals surface area contributed by atoms with Crippen molar-refractivity contribution in [2.45, 2.75) is 13.0 Å². The van der Waals surface area contributed by atoms with Gasteiger partial charge in [0.2, 0.25) is 5.95 Å². The van der Waals surface area contributed by atoms with Gasteiger partial charge >= 0.3 is 6.03 Å². The lowest BCUT2D eigenvalue weighted by Crippen LogP contribution is -2.41. The number of rotatable bonds is 2. The topological polar surface area (TPSA) is 105 Å². The van der Waals surface area contributed by atoms with Crippen molar-refractivity contribution in [1.82, 2.24) is 19.8 Å². The standard InChI is InChI=1S/C20H27N7O/c1-12-6-4-5-7-14(12)18-15-11-26(17-8-16(21)23-19(22)24-17)9-13(15)10-27(18)20(28)25(2)3/h4-8,13,15,18H,9-11H2,1-3H3,(H4,21,22,23,24)/t13-,15-,18+/m1/s1. The fraction of sp³-hybridized carbons (Fsp3) is 0.450. The number of likely N-dealkylation sites (tertiary alicyclic amines) is 1. The second kappa shape index (κ2) is 6.85. The molecular formula is C20H27N7O. The SMILES string of the molecule is Cc1ccccc1[C@H]1[C@@H]2CN(c3cc(N)nc(N)n3)C[C@@H]2CN1C(=O)N(C)C. The Labute approximate surface area is 165 Å². The minimum absolute atomic E-state index is 0.0441. The number of fused-ring (bicyclic) bond motifs is 1. The van der Waals surface area contributed by atoms with Gasteiger partial charge in [0.15, 0.2) is 0 Å². The molecule has 3 atom stereocenters. The third kappa shape index (κ3) is 3.08. The Hall–Kier alpha value is -3.03. The van der Waals surface area contributed by atoms with E-state index in [1.165, 1.54) is 11.1 Å². The van der Waals surface area contributed by atoms with E-state index < -0.39 is 0 Å². The van der Waals surface area contributed by atoms with Crippen LogP contribution in [0.25, 0.3) is 0 Å². The number of benzene rings is 1. The van der Waals surface area contributed by atoms with Crippen LogP contribution in [0.15, 0.2) is 30.3 Å². The van der Waals surface area contributed by atoms with Gasteiger partial charge < -0.3 is 26.2 Å². The molecule has 1 aromatic carbocycles. The molecule has 3 heterocycles. The first-order chi connectivity index (χ1) is 13.3. The number of nitrogens with zero attached hydrogens (tertiary/aromatic N) is 5. The van der Waals surface area contributed by atoms with Gasteiger partial charge in [-0.3, -0.25) is 0 Å². The summed E-state index contributed by atoms with van der Waals surface area (Å²) in [7, 11) is 3.62. The number of hydrogen-bond acceptors (Lipinski definition) is 6. The van der Waals surface area contributed by atoms with Gasteiger partial charge in [-0.2, -0.15) is 9.97 Å². The predicted molar refractivity (Wildman–Crippen MR) is 110 cm³/mol. The van der Waals surface area contributed by atoms with Crippen molar-refractivity contribution in [3.8, 4) is 0 Å². The Morgan fingerprint density at radius 1 is 1.14 bits per heavy atom. The first-order valence-corrected chi connectivity index (χ1v) is 9.53. The number of urea groups is 1. The van der Waals surface area contributed by atoms with Crippen molar-refractivity contribution in [2.24, 2.45) is 11.8 Å². The largest absolute Gasteiger partial charge is 0.383 e. The van der Waals surface area contributed by atoms with Crippen LogP contribution >= 0.6 is 0 Å². The van der Waals surface area contributed by atoms with Crippen LogP contribution in [-0.4, -0.2) is 59.5 Å². The normalized spacial score (nSPS) is 23.8. The summed E-state index contributed by atoms with van der Waals surface area (Å²) in [6.45, 7) is 4.46. The van der Waals surface area contributed by atoms with Gasteiger partial charge in [0.05, 0.1) is 6.04 Å². The van der Waals surface area contributed by atoms with Crippen LogP contribution in [0, 0.1) is 18.8 Å². The van der Waals surface area contributed by atoms with Crippen LogP contribution in [0.3, 0.4) is 0 Å². The van der Waals surface area contributed by atoms with E-state index in [0.29, 0.717) is 17.7 Å². The van der Waals surface area contributed by atoms with Crippen LogP contribution in [0.1, 0.15) is 17.2 Å². The molecule has 0 unspecified atom stereocenters. The summed E-state index contributed by atoms with van der Waals surface area (Å²) in [5, 5.41) is 0. The number of aromatic nitrogens is 2. The van der Waals surface area contributed by atoms with E-state index in [-0.39, 0.29) is 18.0 Å². The molecule has 2 fully saturated rings. The number of amides is 2. The summed E-state index contributed by atoms with van der Waals surface area (Å²) in [5.74, 6) is 2.01. The molecule has 0 spiro atoms. The average Bonchev–Trinajstić information content (AvgIpc) is 3.18. The maximum absolute atomic E-state index is 12.9. The molecule has 2 saturated heterocycles. The van der Waals surface area contributed by atoms with Gasteiger partial charge in [0.25, 0.3) is 0 Å². The molecule has 0 radical (unpaired) electrons. The van der Waals surface area contributed by atoms with Crippen molar-refractivity contribution in [2.75, 3.05) is 50.1 Å². The van der Waals surface area contributed by atoms with Crippen LogP contribution in [0.4, 0.5) is 22.4 Å². The Morgan fingerprint density at radius 2 is 1.89 bits per heavy atom. The number of nitrogens with two attached hydrogens (primary N) is 2. The van der Waals surface area contributed by atoms with Gasteiger partial charge in [0.1, 0.15) is 11.6 Å². The molecule has 148 valence electrons. The van der Waals surface area contributed by atoms with Crippen molar-refractivity contribution < 1.29 is 4.79 Å². The molecule has 1 aromatic heterocycles. The zero-order valence-corrected chi connectivity index (χ0v) is 16.5. The van der Waals surface area contributed by atoms with Gasteiger partial charge in [-0.25, -0.2) is 4.79 Å². The second-order valence-electron chi connectivity index (χ2n) is 7.97. The van der Waals surface area contributed by atoms with E-state index in [1.54, 1.807) is 11.0 Å².